The van der Waals surface area contributed by atoms with Crippen molar-refractivity contribution in [2.24, 2.45) is 7.05 Å². The Labute approximate surface area is 153 Å². The summed E-state index contributed by atoms with van der Waals surface area (Å²) in [5.74, 6) is 0.538. The first-order valence-electron chi connectivity index (χ1n) is 9.39. The lowest BCUT2D eigenvalue weighted by atomic mass is 10.0. The first-order chi connectivity index (χ1) is 12.6. The predicted octanol–water partition coefficient (Wildman–Crippen LogP) is 1.66. The van der Waals surface area contributed by atoms with Gasteiger partial charge in [-0.15, -0.1) is 0 Å². The van der Waals surface area contributed by atoms with Crippen molar-refractivity contribution in [2.75, 3.05) is 13.1 Å². The van der Waals surface area contributed by atoms with Gasteiger partial charge in [0.1, 0.15) is 0 Å². The molecule has 4 rings (SSSR count). The van der Waals surface area contributed by atoms with Crippen molar-refractivity contribution in [3.8, 4) is 0 Å². The summed E-state index contributed by atoms with van der Waals surface area (Å²) in [5.41, 5.74) is 3.25. The molecule has 0 bridgehead atoms. The van der Waals surface area contributed by atoms with E-state index in [4.69, 9.17) is 0 Å². The molecule has 1 aromatic carbocycles. The van der Waals surface area contributed by atoms with Crippen molar-refractivity contribution in [3.63, 3.8) is 0 Å². The lowest BCUT2D eigenvalue weighted by Crippen LogP contribution is -2.53. The minimum absolute atomic E-state index is 0.119. The van der Waals surface area contributed by atoms with Crippen LogP contribution in [0.3, 0.4) is 0 Å². The van der Waals surface area contributed by atoms with E-state index in [1.54, 1.807) is 12.1 Å². The topological polar surface area (TPSA) is 70.4 Å². The number of rotatable bonds is 5. The fourth-order valence-corrected chi connectivity index (χ4v) is 3.89. The molecule has 1 aliphatic carbocycles. The van der Waals surface area contributed by atoms with Gasteiger partial charge in [-0.1, -0.05) is 18.2 Å². The molecule has 0 unspecified atom stereocenters. The highest BCUT2D eigenvalue weighted by Crippen LogP contribution is 2.41. The maximum atomic E-state index is 12.3. The monoisotopic (exact) mass is 354 g/mol. The van der Waals surface area contributed by atoms with E-state index in [1.165, 1.54) is 24.1 Å². The van der Waals surface area contributed by atoms with Gasteiger partial charge in [0.15, 0.2) is 0 Å². The molecular formula is C20H26N4O2. The number of nitrogens with zero attached hydrogens (tertiary/aromatic N) is 3. The van der Waals surface area contributed by atoms with E-state index in [0.717, 1.165) is 19.5 Å². The Kier molecular flexibility index (Phi) is 4.78. The second-order valence-electron chi connectivity index (χ2n) is 7.49. The fraction of sp³-hybridized carbons (Fsp3) is 0.500. The molecule has 138 valence electrons. The fourth-order valence-electron chi connectivity index (χ4n) is 3.89. The van der Waals surface area contributed by atoms with Crippen molar-refractivity contribution in [2.45, 2.75) is 43.9 Å². The van der Waals surface area contributed by atoms with E-state index in [-0.39, 0.29) is 11.9 Å². The third kappa shape index (κ3) is 3.66. The summed E-state index contributed by atoms with van der Waals surface area (Å²) < 4.78 is 2.00. The highest BCUT2D eigenvalue weighted by Gasteiger charge is 2.32. The zero-order valence-corrected chi connectivity index (χ0v) is 15.1. The van der Waals surface area contributed by atoms with Gasteiger partial charge in [0, 0.05) is 49.4 Å². The Morgan fingerprint density at radius 3 is 2.73 bits per heavy atom. The Balaban J connectivity index is 1.34. The molecule has 1 aromatic heterocycles. The maximum Gasteiger partial charge on any atom is 0.251 e. The molecule has 1 saturated carbocycles. The third-order valence-electron chi connectivity index (χ3n) is 5.44. The smallest absolute Gasteiger partial charge is 0.251 e. The molecule has 2 aromatic rings. The highest BCUT2D eigenvalue weighted by molar-refractivity contribution is 5.94. The van der Waals surface area contributed by atoms with Crippen LogP contribution in [0.2, 0.25) is 0 Å². The van der Waals surface area contributed by atoms with Crippen molar-refractivity contribution < 1.29 is 9.90 Å². The average Bonchev–Trinajstić information content (AvgIpc) is 3.41. The number of aliphatic hydroxyl groups excluding tert-OH is 1. The SMILES string of the molecule is Cn1ncc(CN2CC[C@@H](NC(=O)c3ccccc3)[C@H](O)C2)c1C1CC1. The standard InChI is InChI=1S/C20H26N4O2/c1-23-19(14-7-8-14)16(11-21-23)12-24-10-9-17(18(25)13-24)22-20(26)15-5-3-2-4-6-15/h2-6,11,14,17-18,25H,7-10,12-13H2,1H3,(H,22,26)/t17-,18-/m1/s1. The lowest BCUT2D eigenvalue weighted by molar-refractivity contribution is 0.0348. The number of amides is 1. The number of hydrogen-bond donors (Lipinski definition) is 2. The predicted molar refractivity (Wildman–Crippen MR) is 98.8 cm³/mol. The van der Waals surface area contributed by atoms with E-state index in [1.807, 2.05) is 36.1 Å². The molecule has 26 heavy (non-hydrogen) atoms. The zero-order valence-electron chi connectivity index (χ0n) is 15.1. The number of carbonyl (C=O) groups is 1. The molecule has 2 atom stereocenters. The van der Waals surface area contributed by atoms with Crippen molar-refractivity contribution >= 4 is 5.91 Å². The minimum atomic E-state index is -0.558. The van der Waals surface area contributed by atoms with Crippen LogP contribution < -0.4 is 5.32 Å². The van der Waals surface area contributed by atoms with Crippen molar-refractivity contribution in [3.05, 3.63) is 53.3 Å². The molecular weight excluding hydrogens is 328 g/mol. The molecule has 2 aliphatic rings. The normalized spacial score (nSPS) is 23.8. The van der Waals surface area contributed by atoms with E-state index >= 15 is 0 Å². The van der Waals surface area contributed by atoms with Gasteiger partial charge < -0.3 is 10.4 Å². The zero-order chi connectivity index (χ0) is 18.1. The first-order valence-corrected chi connectivity index (χ1v) is 9.39. The molecule has 0 spiro atoms. The molecule has 6 nitrogen and oxygen atoms in total. The van der Waals surface area contributed by atoms with Gasteiger partial charge in [0.05, 0.1) is 18.3 Å². The number of aliphatic hydroxyl groups is 1. The maximum absolute atomic E-state index is 12.3. The number of carbonyl (C=O) groups excluding carboxylic acids is 1. The third-order valence-corrected chi connectivity index (χ3v) is 5.44. The Bertz CT molecular complexity index is 769. The van der Waals surface area contributed by atoms with Crippen LogP contribution in [0.5, 0.6) is 0 Å². The molecule has 1 saturated heterocycles. The Morgan fingerprint density at radius 1 is 1.27 bits per heavy atom. The van der Waals surface area contributed by atoms with Crippen molar-refractivity contribution in [1.82, 2.24) is 20.0 Å². The number of piperidine rings is 1. The quantitative estimate of drug-likeness (QED) is 0.857. The summed E-state index contributed by atoms with van der Waals surface area (Å²) in [5, 5.41) is 17.9. The lowest BCUT2D eigenvalue weighted by Gasteiger charge is -2.36. The number of benzene rings is 1. The molecule has 1 aliphatic heterocycles. The van der Waals surface area contributed by atoms with Crippen molar-refractivity contribution in [1.29, 1.82) is 0 Å². The van der Waals surface area contributed by atoms with Crippen LogP contribution >= 0.6 is 0 Å². The molecule has 1 amide bonds. The van der Waals surface area contributed by atoms with Crippen LogP contribution in [0.15, 0.2) is 36.5 Å². The molecule has 2 fully saturated rings. The van der Waals surface area contributed by atoms with Crippen LogP contribution in [-0.4, -0.2) is 50.9 Å². The van der Waals surface area contributed by atoms with Gasteiger partial charge in [-0.05, 0) is 31.4 Å². The molecule has 2 N–H and O–H groups in total. The summed E-state index contributed by atoms with van der Waals surface area (Å²) in [6.45, 7) is 2.24. The minimum Gasteiger partial charge on any atom is -0.390 e. The summed E-state index contributed by atoms with van der Waals surface area (Å²) in [7, 11) is 2.01. The number of likely N-dealkylation sites (tertiary alicyclic amines) is 1. The number of hydrogen-bond acceptors (Lipinski definition) is 4. The average molecular weight is 354 g/mol. The van der Waals surface area contributed by atoms with Crippen LogP contribution in [-0.2, 0) is 13.6 Å². The Hall–Kier alpha value is -2.18. The van der Waals surface area contributed by atoms with Crippen LogP contribution in [0, 0.1) is 0 Å². The van der Waals surface area contributed by atoms with Gasteiger partial charge in [0.2, 0.25) is 0 Å². The highest BCUT2D eigenvalue weighted by atomic mass is 16.3. The number of aryl methyl sites for hydroxylation is 1. The van der Waals surface area contributed by atoms with Gasteiger partial charge in [-0.3, -0.25) is 14.4 Å². The van der Waals surface area contributed by atoms with E-state index in [9.17, 15) is 9.90 Å². The summed E-state index contributed by atoms with van der Waals surface area (Å²) in [4.78, 5) is 14.6. The summed E-state index contributed by atoms with van der Waals surface area (Å²) in [6, 6.07) is 8.96. The second-order valence-corrected chi connectivity index (χ2v) is 7.49. The van der Waals surface area contributed by atoms with E-state index < -0.39 is 6.10 Å². The Morgan fingerprint density at radius 2 is 2.04 bits per heavy atom. The van der Waals surface area contributed by atoms with Gasteiger partial charge >= 0.3 is 0 Å². The first kappa shape index (κ1) is 17.2. The van der Waals surface area contributed by atoms with Crippen LogP contribution in [0.25, 0.3) is 0 Å². The van der Waals surface area contributed by atoms with E-state index in [2.05, 4.69) is 15.3 Å². The van der Waals surface area contributed by atoms with Gasteiger partial charge in [0.25, 0.3) is 5.91 Å². The van der Waals surface area contributed by atoms with E-state index in [0.29, 0.717) is 18.0 Å². The largest absolute Gasteiger partial charge is 0.390 e. The van der Waals surface area contributed by atoms with Crippen LogP contribution in [0.1, 0.15) is 46.8 Å². The molecule has 6 heteroatoms. The van der Waals surface area contributed by atoms with Gasteiger partial charge in [-0.2, -0.15) is 5.10 Å². The number of nitrogens with one attached hydrogen (secondary N) is 1. The molecule has 0 radical (unpaired) electrons. The van der Waals surface area contributed by atoms with Crippen LogP contribution in [0.4, 0.5) is 0 Å². The molecule has 2 heterocycles. The number of aromatic nitrogens is 2. The number of β-amino-alcohol motifs (C(OH)–C–C–N with tert-alkyl or cyclic N) is 1. The summed E-state index contributed by atoms with van der Waals surface area (Å²) in [6.07, 6.45) is 4.66. The second kappa shape index (κ2) is 7.21. The summed E-state index contributed by atoms with van der Waals surface area (Å²) >= 11 is 0. The van der Waals surface area contributed by atoms with Gasteiger partial charge in [-0.25, -0.2) is 0 Å².